The van der Waals surface area contributed by atoms with E-state index in [4.69, 9.17) is 5.32 Å². The summed E-state index contributed by atoms with van der Waals surface area (Å²) in [7, 11) is 3.26. The van der Waals surface area contributed by atoms with Crippen molar-refractivity contribution in [2.45, 2.75) is 44.2 Å². The van der Waals surface area contributed by atoms with Gasteiger partial charge >= 0.3 is 0 Å². The quantitative estimate of drug-likeness (QED) is 0.758. The van der Waals surface area contributed by atoms with Crippen molar-refractivity contribution < 1.29 is 0 Å². The van der Waals surface area contributed by atoms with E-state index >= 15 is 0 Å². The number of nitrogens with zero attached hydrogens (tertiary/aromatic N) is 3. The molecule has 1 aliphatic heterocycles. The van der Waals surface area contributed by atoms with Gasteiger partial charge in [0.15, 0.2) is 0 Å². The first-order chi connectivity index (χ1) is 10.7. The Morgan fingerprint density at radius 1 is 1.04 bits per heavy atom. The third kappa shape index (κ3) is 6.03. The predicted octanol–water partition coefficient (Wildman–Crippen LogP) is 4.08. The van der Waals surface area contributed by atoms with Crippen LogP contribution in [0, 0.1) is 0 Å². The maximum atomic E-state index is 5.44. The van der Waals surface area contributed by atoms with Crippen molar-refractivity contribution in [3.8, 4) is 0 Å². The van der Waals surface area contributed by atoms with Gasteiger partial charge in [-0.2, -0.15) is 0 Å². The van der Waals surface area contributed by atoms with Crippen molar-refractivity contribution in [2.24, 2.45) is 0 Å². The molecule has 1 unspecified atom stereocenters. The Hall–Kier alpha value is -0.683. The highest BCUT2D eigenvalue weighted by Crippen LogP contribution is 2.38. The molecule has 0 spiro atoms. The summed E-state index contributed by atoms with van der Waals surface area (Å²) in [5.41, 5.74) is 1.38. The van der Waals surface area contributed by atoms with Gasteiger partial charge in [-0.1, -0.05) is 68.5 Å². The molecule has 0 radical (unpaired) electrons. The maximum Gasteiger partial charge on any atom is 0.0431 e. The molecule has 1 fully saturated rings. The molecule has 0 N–H and O–H groups in total. The summed E-state index contributed by atoms with van der Waals surface area (Å²) >= 11 is 0. The highest BCUT2D eigenvalue weighted by atomic mass is 28.3. The molecule has 4 heteroatoms. The molecule has 0 aromatic heterocycles. The largest absolute Gasteiger partial charge is 0.649 e. The summed E-state index contributed by atoms with van der Waals surface area (Å²) in [6.07, 6.45) is 0. The van der Waals surface area contributed by atoms with E-state index in [1.165, 1.54) is 11.6 Å². The van der Waals surface area contributed by atoms with E-state index in [0.717, 1.165) is 26.2 Å². The van der Waals surface area contributed by atoms with E-state index in [1.807, 2.05) is 0 Å². The van der Waals surface area contributed by atoms with Crippen molar-refractivity contribution in [3.63, 3.8) is 0 Å². The Morgan fingerprint density at radius 2 is 1.57 bits per heavy atom. The van der Waals surface area contributed by atoms with E-state index in [2.05, 4.69) is 80.8 Å². The van der Waals surface area contributed by atoms with E-state index in [0.29, 0.717) is 6.04 Å². The van der Waals surface area contributed by atoms with Gasteiger partial charge in [0.2, 0.25) is 0 Å². The van der Waals surface area contributed by atoms with E-state index in [9.17, 15) is 0 Å². The zero-order valence-corrected chi connectivity index (χ0v) is 16.8. The van der Waals surface area contributed by atoms with Crippen LogP contribution in [-0.4, -0.2) is 63.7 Å². The number of benzene rings is 1. The van der Waals surface area contributed by atoms with Gasteiger partial charge in [0, 0.05) is 21.2 Å². The molecule has 0 aliphatic carbocycles. The number of hydrogen-bond donors (Lipinski definition) is 0. The lowest BCUT2D eigenvalue weighted by molar-refractivity contribution is 0.296. The lowest BCUT2D eigenvalue weighted by atomic mass is 9.97. The van der Waals surface area contributed by atoms with Crippen molar-refractivity contribution in [1.82, 2.24) is 9.80 Å². The minimum Gasteiger partial charge on any atom is -0.649 e. The van der Waals surface area contributed by atoms with Crippen LogP contribution < -0.4 is 0 Å². The molecule has 23 heavy (non-hydrogen) atoms. The van der Waals surface area contributed by atoms with Gasteiger partial charge in [0.25, 0.3) is 0 Å². The zero-order chi connectivity index (χ0) is 17.1. The third-order valence-corrected chi connectivity index (χ3v) is 6.15. The fourth-order valence-corrected chi connectivity index (χ4v) is 5.15. The van der Waals surface area contributed by atoms with E-state index in [-0.39, 0.29) is 5.54 Å². The molecule has 1 aromatic rings. The molecule has 130 valence electrons. The van der Waals surface area contributed by atoms with Crippen molar-refractivity contribution in [2.75, 3.05) is 40.3 Å². The first kappa shape index (κ1) is 18.7. The average molecular weight is 333 g/mol. The van der Waals surface area contributed by atoms with Gasteiger partial charge in [-0.3, -0.25) is 0 Å². The molecule has 1 atom stereocenters. The molecule has 0 amide bonds. The Labute approximate surface area is 144 Å². The van der Waals surface area contributed by atoms with Crippen molar-refractivity contribution in [1.29, 1.82) is 0 Å². The summed E-state index contributed by atoms with van der Waals surface area (Å²) in [6, 6.07) is 12.5. The molecule has 0 bridgehead atoms. The normalized spacial score (nSPS) is 21.8. The van der Waals surface area contributed by atoms with Gasteiger partial charge in [-0.25, -0.2) is 0 Å². The van der Waals surface area contributed by atoms with E-state index in [1.54, 1.807) is 0 Å². The van der Waals surface area contributed by atoms with E-state index < -0.39 is 8.07 Å². The Bertz CT molecular complexity index is 471. The van der Waals surface area contributed by atoms with Gasteiger partial charge in [0.1, 0.15) is 0 Å². The second-order valence-electron chi connectivity index (χ2n) is 8.79. The minimum absolute atomic E-state index is 0.000157. The highest BCUT2D eigenvalue weighted by Gasteiger charge is 2.26. The Morgan fingerprint density at radius 3 is 2.04 bits per heavy atom. The van der Waals surface area contributed by atoms with Crippen LogP contribution in [0.5, 0.6) is 0 Å². The molecule has 2 rings (SSSR count). The second kappa shape index (κ2) is 7.47. The van der Waals surface area contributed by atoms with Crippen LogP contribution in [-0.2, 0) is 0 Å². The van der Waals surface area contributed by atoms with Crippen LogP contribution in [0.4, 0.5) is 0 Å². The van der Waals surface area contributed by atoms with Crippen LogP contribution in [0.25, 0.3) is 5.32 Å². The average Bonchev–Trinajstić information content (AvgIpc) is 2.55. The zero-order valence-electron chi connectivity index (χ0n) is 15.8. The maximum absolute atomic E-state index is 5.44. The summed E-state index contributed by atoms with van der Waals surface area (Å²) < 4.78 is 0. The Kier molecular flexibility index (Phi) is 6.06. The first-order valence-electron chi connectivity index (χ1n) is 8.81. The topological polar surface area (TPSA) is 20.6 Å². The molecular formula is C19H34N3Si-. The number of likely N-dealkylation sites (N-methyl/N-ethyl adjacent to an activating group) is 2. The number of hydrogen-bond acceptors (Lipinski definition) is 2. The lowest BCUT2D eigenvalue weighted by Crippen LogP contribution is -2.43. The fraction of sp³-hybridized carbons (Fsp3) is 0.684. The molecule has 0 saturated carbocycles. The van der Waals surface area contributed by atoms with Gasteiger partial charge < -0.3 is 15.1 Å². The highest BCUT2D eigenvalue weighted by molar-refractivity contribution is 6.76. The molecule has 1 heterocycles. The predicted molar refractivity (Wildman–Crippen MR) is 104 cm³/mol. The fourth-order valence-electron chi connectivity index (χ4n) is 3.66. The SMILES string of the molecule is CN1CCN(C)CC(C)([N-]C(C[Si](C)(C)C)c2ccccc2)C1. The Balaban J connectivity index is 2.21. The summed E-state index contributed by atoms with van der Waals surface area (Å²) in [4.78, 5) is 4.87. The molecule has 1 saturated heterocycles. The van der Waals surface area contributed by atoms with Crippen LogP contribution in [0.15, 0.2) is 30.3 Å². The standard InChI is InChI=1S/C19H34N3Si/c1-19(15-21(2)12-13-22(3)16-19)20-18(14-23(4,5)6)17-10-8-7-9-11-17/h7-11,18H,12-16H2,1-6H3/q-1. The van der Waals surface area contributed by atoms with Crippen LogP contribution in [0.3, 0.4) is 0 Å². The molecular weight excluding hydrogens is 298 g/mol. The monoisotopic (exact) mass is 332 g/mol. The van der Waals surface area contributed by atoms with Crippen LogP contribution in [0.2, 0.25) is 25.7 Å². The summed E-state index contributed by atoms with van der Waals surface area (Å²) in [5, 5.41) is 5.44. The molecule has 1 aliphatic rings. The van der Waals surface area contributed by atoms with Gasteiger partial charge in [0.05, 0.1) is 0 Å². The molecule has 1 aromatic carbocycles. The van der Waals surface area contributed by atoms with Gasteiger partial charge in [-0.05, 0) is 27.2 Å². The van der Waals surface area contributed by atoms with Crippen molar-refractivity contribution in [3.05, 3.63) is 41.2 Å². The van der Waals surface area contributed by atoms with Crippen LogP contribution in [0.1, 0.15) is 18.5 Å². The second-order valence-corrected chi connectivity index (χ2v) is 14.3. The van der Waals surface area contributed by atoms with Crippen LogP contribution >= 0.6 is 0 Å². The smallest absolute Gasteiger partial charge is 0.0431 e. The lowest BCUT2D eigenvalue weighted by Gasteiger charge is -2.52. The van der Waals surface area contributed by atoms with Crippen molar-refractivity contribution >= 4 is 8.07 Å². The summed E-state index contributed by atoms with van der Waals surface area (Å²) in [5.74, 6) is 0. The minimum atomic E-state index is -1.19. The first-order valence-corrected chi connectivity index (χ1v) is 12.5. The van der Waals surface area contributed by atoms with Gasteiger partial charge in [-0.15, -0.1) is 11.6 Å². The molecule has 3 nitrogen and oxygen atoms in total. The third-order valence-electron chi connectivity index (χ3n) is 4.54. The summed E-state index contributed by atoms with van der Waals surface area (Å²) in [6.45, 7) is 14.0. The number of rotatable bonds is 5.